The molecule has 2 aliphatic rings. The first kappa shape index (κ1) is 39.7. The Balaban J connectivity index is 1.15. The number of phosphoric ester groups is 2. The van der Waals surface area contributed by atoms with Gasteiger partial charge in [-0.15, -0.1) is 0 Å². The molecule has 12 atom stereocenters. The van der Waals surface area contributed by atoms with Gasteiger partial charge in [-0.2, -0.15) is 4.31 Å². The zero-order chi connectivity index (χ0) is 38.8. The summed E-state index contributed by atoms with van der Waals surface area (Å²) in [5.74, 6) is -3.27. The van der Waals surface area contributed by atoms with Crippen LogP contribution in [0.15, 0.2) is 25.3 Å². The van der Waals surface area contributed by atoms with Gasteiger partial charge in [0.25, 0.3) is 0 Å². The van der Waals surface area contributed by atoms with Gasteiger partial charge in [0.15, 0.2) is 41.2 Å². The maximum atomic E-state index is 13.3. The van der Waals surface area contributed by atoms with Gasteiger partial charge in [-0.05, 0) is 0 Å². The molecule has 0 amide bonds. The van der Waals surface area contributed by atoms with E-state index in [1.165, 1.54) is 0 Å². The van der Waals surface area contributed by atoms with E-state index in [9.17, 15) is 63.2 Å². The molecule has 0 aliphatic carbocycles. The Kier molecular flexibility index (Phi) is 10.7. The molecule has 0 saturated carbocycles. The summed E-state index contributed by atoms with van der Waals surface area (Å²) in [4.78, 5) is 73.1. The largest absolute Gasteiger partial charge is 0.488 e. The quantitative estimate of drug-likeness (QED) is 0.0595. The molecular weight excluding hydrogens is 808 g/mol. The second-order valence-electron chi connectivity index (χ2n) is 11.1. The van der Waals surface area contributed by atoms with Gasteiger partial charge in [0.05, 0.1) is 19.3 Å². The molecule has 53 heavy (non-hydrogen) atoms. The Hall–Kier alpha value is -2.98. The molecule has 12 unspecified atom stereocenters. The Morgan fingerprint density at radius 2 is 1.21 bits per heavy atom. The third kappa shape index (κ3) is 8.05. The third-order valence-corrected chi connectivity index (χ3v) is 13.2. The van der Waals surface area contributed by atoms with E-state index in [1.54, 1.807) is 0 Å². The van der Waals surface area contributed by atoms with Crippen LogP contribution in [0.1, 0.15) is 12.5 Å². The number of imidazole rings is 2. The number of hydrogen-bond acceptors (Lipinski definition) is 22. The second-order valence-corrected chi connectivity index (χ2v) is 17.4. The van der Waals surface area contributed by atoms with Crippen LogP contribution in [-0.4, -0.2) is 133 Å². The van der Waals surface area contributed by atoms with Crippen molar-refractivity contribution >= 4 is 65.0 Å². The van der Waals surface area contributed by atoms with E-state index < -0.39 is 92.6 Å². The van der Waals surface area contributed by atoms with Crippen molar-refractivity contribution in [1.29, 1.82) is 0 Å². The molecule has 29 nitrogen and oxygen atoms in total. The van der Waals surface area contributed by atoms with E-state index in [1.807, 2.05) is 0 Å². The number of hydrogen-bond donors (Lipinski definition) is 11. The number of phosphoric acid groups is 3. The molecule has 4 aromatic rings. The molecule has 4 aromatic heterocycles. The summed E-state index contributed by atoms with van der Waals surface area (Å²) in [6, 6.07) is 0. The minimum absolute atomic E-state index is 0.0214. The lowest BCUT2D eigenvalue weighted by Crippen LogP contribution is -2.40. The van der Waals surface area contributed by atoms with E-state index in [0.717, 1.165) is 34.4 Å². The Labute approximate surface area is 292 Å². The van der Waals surface area contributed by atoms with E-state index in [4.69, 9.17) is 20.9 Å². The predicted molar refractivity (Wildman–Crippen MR) is 166 cm³/mol. The molecule has 6 heterocycles. The molecule has 292 valence electrons. The van der Waals surface area contributed by atoms with Crippen molar-refractivity contribution in [3.63, 3.8) is 0 Å². The molecular formula is C20H28N10O19P4. The molecule has 2 saturated heterocycles. The normalized spacial score (nSPS) is 30.7. The van der Waals surface area contributed by atoms with Gasteiger partial charge in [-0.1, -0.05) is 0 Å². The average Bonchev–Trinajstić information content (AvgIpc) is 3.80. The molecule has 0 aromatic carbocycles. The van der Waals surface area contributed by atoms with Crippen molar-refractivity contribution in [2.75, 3.05) is 18.1 Å². The van der Waals surface area contributed by atoms with E-state index in [2.05, 4.69) is 47.6 Å². The first-order valence-electron chi connectivity index (χ1n) is 14.3. The minimum atomic E-state index is -6.33. The first-order chi connectivity index (χ1) is 24.6. The molecule has 2 aliphatic heterocycles. The highest BCUT2D eigenvalue weighted by Crippen LogP contribution is 2.70. The van der Waals surface area contributed by atoms with Gasteiger partial charge in [0.1, 0.15) is 60.3 Å². The smallest absolute Gasteiger partial charge is 0.387 e. The maximum Gasteiger partial charge on any atom is 0.488 e. The number of fused-ring (bicyclic) bond motifs is 2. The highest BCUT2D eigenvalue weighted by atomic mass is 31.3. The summed E-state index contributed by atoms with van der Waals surface area (Å²) in [7, 11) is -24.3. The Morgan fingerprint density at radius 1 is 0.698 bits per heavy atom. The van der Waals surface area contributed by atoms with Gasteiger partial charge in [-0.3, -0.25) is 22.7 Å². The van der Waals surface area contributed by atoms with Gasteiger partial charge >= 0.3 is 31.1 Å². The topological polar surface area (TPSA) is 445 Å². The average molecular weight is 836 g/mol. The number of anilines is 2. The van der Waals surface area contributed by atoms with Crippen LogP contribution in [-0.2, 0) is 45.4 Å². The molecule has 0 spiro atoms. The highest BCUT2D eigenvalue weighted by Gasteiger charge is 2.58. The minimum Gasteiger partial charge on any atom is -0.387 e. The summed E-state index contributed by atoms with van der Waals surface area (Å²) in [6.07, 6.45) is -11.1. The number of ether oxygens (including phenoxy) is 2. The summed E-state index contributed by atoms with van der Waals surface area (Å²) in [5, 5.41) is 42.4. The van der Waals surface area contributed by atoms with Crippen LogP contribution in [0.4, 0.5) is 11.6 Å². The van der Waals surface area contributed by atoms with Crippen LogP contribution in [0.3, 0.4) is 0 Å². The van der Waals surface area contributed by atoms with Gasteiger partial charge < -0.3 is 65.8 Å². The van der Waals surface area contributed by atoms with Gasteiger partial charge in [0, 0.05) is 0 Å². The number of nitrogens with two attached hydrogens (primary N) is 2. The standard InChI is InChI=1S/C20H28N10O19P4/c21-14-7-16(25-2-23-14)29(4-27-7)18-11(33)9(31)6(45-18)1-44-52(40,41)49-53(42,43)48-50(35,36)20(47-51(37,38)39)13-10(32)12(34)19(46-13)30-5-28-8-15(22)24-3-26-17(8)30/h2-6,9-13,18-20,31-34H,1H2,(H,35,36)(H,40,41)(H,42,43)(H2,21,23,25)(H2,22,24,26)(H2,37,38,39). The van der Waals surface area contributed by atoms with E-state index in [-0.39, 0.29) is 34.0 Å². The van der Waals surface area contributed by atoms with Crippen LogP contribution in [0.5, 0.6) is 0 Å². The lowest BCUT2D eigenvalue weighted by Gasteiger charge is -2.29. The Bertz CT molecular complexity index is 2200. The maximum absolute atomic E-state index is 13.3. The number of aromatic nitrogens is 8. The molecule has 13 N–H and O–H groups in total. The summed E-state index contributed by atoms with van der Waals surface area (Å²) >= 11 is 0. The fourth-order valence-corrected chi connectivity index (χ4v) is 10.7. The van der Waals surface area contributed by atoms with Gasteiger partial charge in [0.2, 0.25) is 0 Å². The van der Waals surface area contributed by atoms with Crippen molar-refractivity contribution in [2.45, 2.75) is 54.9 Å². The SMILES string of the molecule is Nc1ncnc2c1ncn2C1OC(COP(=O)(O)OP(=O)(O)OP(=O)(O)C(OP(=O)(O)O)C2OC(n3cnc4c(N)ncnc43)C(O)C2O)C(O)C1O. The number of nitrogens with zero attached hydrogens (tertiary/aromatic N) is 8. The molecule has 33 heteroatoms. The van der Waals surface area contributed by atoms with E-state index in [0.29, 0.717) is 0 Å². The second kappa shape index (κ2) is 14.3. The summed E-state index contributed by atoms with van der Waals surface area (Å²) in [5.41, 5.74) is 11.5. The molecule has 0 radical (unpaired) electrons. The zero-order valence-electron chi connectivity index (χ0n) is 25.8. The van der Waals surface area contributed by atoms with Crippen LogP contribution in [0.2, 0.25) is 0 Å². The van der Waals surface area contributed by atoms with Crippen molar-refractivity contribution in [1.82, 2.24) is 39.0 Å². The number of nitrogen functional groups attached to an aromatic ring is 2. The fourth-order valence-electron chi connectivity index (χ4n) is 5.34. The predicted octanol–water partition coefficient (Wildman–Crippen LogP) is -3.06. The monoisotopic (exact) mass is 836 g/mol. The molecule has 0 bridgehead atoms. The van der Waals surface area contributed by atoms with Crippen LogP contribution < -0.4 is 11.5 Å². The van der Waals surface area contributed by atoms with Crippen LogP contribution >= 0.6 is 31.1 Å². The van der Waals surface area contributed by atoms with Crippen molar-refractivity contribution < 1.29 is 90.3 Å². The number of aliphatic hydroxyl groups excluding tert-OH is 4. The summed E-state index contributed by atoms with van der Waals surface area (Å²) < 4.78 is 80.5. The van der Waals surface area contributed by atoms with Crippen LogP contribution in [0, 0.1) is 0 Å². The lowest BCUT2D eigenvalue weighted by atomic mass is 10.1. The first-order valence-corrected chi connectivity index (χ1v) is 20.4. The fraction of sp³-hybridized carbons (Fsp3) is 0.500. The van der Waals surface area contributed by atoms with Crippen LogP contribution in [0.25, 0.3) is 22.3 Å². The number of aliphatic hydroxyl groups is 4. The molecule has 2 fully saturated rings. The van der Waals surface area contributed by atoms with Crippen molar-refractivity contribution in [3.05, 3.63) is 25.3 Å². The van der Waals surface area contributed by atoms with Crippen molar-refractivity contribution in [3.8, 4) is 0 Å². The molecule has 6 rings (SSSR count). The zero-order valence-corrected chi connectivity index (χ0v) is 29.4. The highest BCUT2D eigenvalue weighted by molar-refractivity contribution is 7.68. The van der Waals surface area contributed by atoms with E-state index >= 15 is 0 Å². The van der Waals surface area contributed by atoms with Crippen molar-refractivity contribution in [2.24, 2.45) is 0 Å². The lowest BCUT2D eigenvalue weighted by molar-refractivity contribution is -0.0650. The van der Waals surface area contributed by atoms with Gasteiger partial charge in [-0.25, -0.2) is 47.9 Å². The summed E-state index contributed by atoms with van der Waals surface area (Å²) in [6.45, 7) is -1.14. The Morgan fingerprint density at radius 3 is 1.74 bits per heavy atom. The third-order valence-electron chi connectivity index (χ3n) is 7.61. The number of rotatable bonds is 13.